The normalized spacial score (nSPS) is 12.3. The summed E-state index contributed by atoms with van der Waals surface area (Å²) in [6, 6.07) is 20.8. The monoisotopic (exact) mass is 566 g/mol. The lowest BCUT2D eigenvalue weighted by Crippen LogP contribution is -2.31. The summed E-state index contributed by atoms with van der Waals surface area (Å²) in [5.74, 6) is -2.14. The predicted molar refractivity (Wildman–Crippen MR) is 145 cm³/mol. The lowest BCUT2D eigenvalue weighted by atomic mass is 10.1. The molecule has 2 amide bonds. The Labute approximate surface area is 232 Å². The van der Waals surface area contributed by atoms with Gasteiger partial charge in [0, 0.05) is 47.4 Å². The number of carboxylic acid groups (broad SMARTS) is 1. The van der Waals surface area contributed by atoms with E-state index in [0.717, 1.165) is 45.9 Å². The van der Waals surface area contributed by atoms with Crippen LogP contribution in [0.3, 0.4) is 0 Å². The van der Waals surface area contributed by atoms with Gasteiger partial charge < -0.3 is 25.5 Å². The van der Waals surface area contributed by atoms with Crippen LogP contribution in [0, 0.1) is 0 Å². The van der Waals surface area contributed by atoms with Crippen LogP contribution in [0.4, 0.5) is 18.9 Å². The van der Waals surface area contributed by atoms with E-state index in [4.69, 9.17) is 14.6 Å². The lowest BCUT2D eigenvalue weighted by Gasteiger charge is -2.11. The van der Waals surface area contributed by atoms with Crippen molar-refractivity contribution < 1.29 is 37.4 Å². The Hall–Kier alpha value is -5.13. The highest BCUT2D eigenvalue weighted by Crippen LogP contribution is 2.28. The van der Waals surface area contributed by atoms with E-state index < -0.39 is 12.1 Å². The molecule has 0 fully saturated rings. The summed E-state index contributed by atoms with van der Waals surface area (Å²) in [6.07, 6.45) is -2.27. The number of hydrogen-bond acceptors (Lipinski definition) is 5. The Morgan fingerprint density at radius 1 is 1.05 bits per heavy atom. The second-order valence-electron chi connectivity index (χ2n) is 8.97. The Morgan fingerprint density at radius 3 is 2.44 bits per heavy atom. The zero-order chi connectivity index (χ0) is 29.6. The van der Waals surface area contributed by atoms with E-state index in [1.165, 1.54) is 0 Å². The molecule has 3 heterocycles. The first-order valence-electron chi connectivity index (χ1n) is 12.3. The predicted octanol–water partition coefficient (Wildman–Crippen LogP) is 4.85. The molecule has 0 bridgehead atoms. The van der Waals surface area contributed by atoms with Crippen molar-refractivity contribution in [2.24, 2.45) is 0 Å². The highest BCUT2D eigenvalue weighted by Gasteiger charge is 2.38. The van der Waals surface area contributed by atoms with Gasteiger partial charge in [0.1, 0.15) is 5.75 Å². The molecule has 9 nitrogen and oxygen atoms in total. The fourth-order valence-electron chi connectivity index (χ4n) is 4.10. The number of methoxy groups -OCH3 is 1. The average molecular weight is 567 g/mol. The summed E-state index contributed by atoms with van der Waals surface area (Å²) in [6.45, 7) is 0.643. The first-order chi connectivity index (χ1) is 19.5. The molecule has 212 valence electrons. The third-order valence-corrected chi connectivity index (χ3v) is 6.08. The molecule has 0 aliphatic carbocycles. The number of aromatic amines is 1. The molecule has 0 saturated heterocycles. The van der Waals surface area contributed by atoms with Gasteiger partial charge in [0.15, 0.2) is 0 Å². The van der Waals surface area contributed by atoms with Gasteiger partial charge in [0.05, 0.1) is 24.8 Å². The summed E-state index contributed by atoms with van der Waals surface area (Å²) < 4.78 is 36.9. The second-order valence-corrected chi connectivity index (χ2v) is 8.97. The van der Waals surface area contributed by atoms with Crippen molar-refractivity contribution in [1.82, 2.24) is 15.3 Å². The van der Waals surface area contributed by atoms with Crippen LogP contribution in [0.1, 0.15) is 21.6 Å². The van der Waals surface area contributed by atoms with E-state index in [-0.39, 0.29) is 18.2 Å². The SMILES string of the molecule is COc1ccc(CC(=O)Nc2cccc(-c3cc(-c4cc5c([nH]4)CCNC5=O)ccn3)c2)cc1.O=C(O)C(F)(F)F. The summed E-state index contributed by atoms with van der Waals surface area (Å²) in [5.41, 5.74) is 6.76. The van der Waals surface area contributed by atoms with Crippen LogP contribution in [0.2, 0.25) is 0 Å². The minimum atomic E-state index is -5.08. The number of anilines is 1. The number of rotatable bonds is 6. The molecule has 0 atom stereocenters. The number of halogens is 3. The maximum atomic E-state index is 12.6. The number of fused-ring (bicyclic) bond motifs is 1. The molecule has 12 heteroatoms. The van der Waals surface area contributed by atoms with Gasteiger partial charge in [-0.25, -0.2) is 4.79 Å². The van der Waals surface area contributed by atoms with Crippen LogP contribution in [-0.2, 0) is 22.4 Å². The van der Waals surface area contributed by atoms with Gasteiger partial charge in [-0.3, -0.25) is 14.6 Å². The first-order valence-corrected chi connectivity index (χ1v) is 12.3. The number of aromatic nitrogens is 2. The molecule has 2 aromatic heterocycles. The van der Waals surface area contributed by atoms with E-state index in [2.05, 4.69) is 20.6 Å². The molecule has 0 saturated carbocycles. The summed E-state index contributed by atoms with van der Waals surface area (Å²) in [7, 11) is 1.61. The summed E-state index contributed by atoms with van der Waals surface area (Å²) >= 11 is 0. The van der Waals surface area contributed by atoms with Crippen molar-refractivity contribution >= 4 is 23.5 Å². The number of aliphatic carboxylic acids is 1. The maximum absolute atomic E-state index is 12.6. The largest absolute Gasteiger partial charge is 0.497 e. The highest BCUT2D eigenvalue weighted by molar-refractivity contribution is 5.98. The third kappa shape index (κ3) is 7.50. The van der Waals surface area contributed by atoms with Crippen LogP contribution < -0.4 is 15.4 Å². The quantitative estimate of drug-likeness (QED) is 0.264. The molecule has 5 rings (SSSR count). The highest BCUT2D eigenvalue weighted by atomic mass is 19.4. The van der Waals surface area contributed by atoms with Gasteiger partial charge >= 0.3 is 12.1 Å². The fraction of sp³-hybridized carbons (Fsp3) is 0.172. The summed E-state index contributed by atoms with van der Waals surface area (Å²) in [5, 5.41) is 13.0. The van der Waals surface area contributed by atoms with Crippen LogP contribution in [0.25, 0.3) is 22.5 Å². The van der Waals surface area contributed by atoms with Gasteiger partial charge in [-0.05, 0) is 48.0 Å². The number of carbonyl (C=O) groups excluding carboxylic acids is 2. The van der Waals surface area contributed by atoms with Gasteiger partial charge in [-0.15, -0.1) is 0 Å². The zero-order valence-corrected chi connectivity index (χ0v) is 21.7. The standard InChI is InChI=1S/C27H24N4O3.C2HF3O2/c1-34-21-7-5-17(6-8-21)13-26(32)30-20-4-2-3-18(14-20)24-15-19(9-11-28-24)25-16-22-23(31-25)10-12-29-27(22)33;3-2(4,5)1(6)7/h2-9,11,14-16,31H,10,12-13H2,1H3,(H,29,33)(H,30,32);(H,6,7). The molecule has 1 aliphatic heterocycles. The van der Waals surface area contributed by atoms with Crippen LogP contribution in [-0.4, -0.2) is 52.7 Å². The zero-order valence-electron chi connectivity index (χ0n) is 21.7. The number of amides is 2. The lowest BCUT2D eigenvalue weighted by molar-refractivity contribution is -0.192. The minimum Gasteiger partial charge on any atom is -0.497 e. The number of carbonyl (C=O) groups is 3. The number of nitrogens with one attached hydrogen (secondary N) is 3. The topological polar surface area (TPSA) is 133 Å². The van der Waals surface area contributed by atoms with Crippen molar-refractivity contribution in [3.63, 3.8) is 0 Å². The number of pyridine rings is 1. The Kier molecular flexibility index (Phi) is 8.71. The number of nitrogens with zero attached hydrogens (tertiary/aromatic N) is 1. The van der Waals surface area contributed by atoms with E-state index in [0.29, 0.717) is 17.8 Å². The Balaban J connectivity index is 0.000000493. The average Bonchev–Trinajstić information content (AvgIpc) is 3.39. The van der Waals surface area contributed by atoms with E-state index in [1.54, 1.807) is 13.3 Å². The summed E-state index contributed by atoms with van der Waals surface area (Å²) in [4.78, 5) is 41.4. The molecular weight excluding hydrogens is 541 g/mol. The molecule has 0 unspecified atom stereocenters. The van der Waals surface area contributed by atoms with Crippen molar-refractivity contribution in [2.45, 2.75) is 19.0 Å². The van der Waals surface area contributed by atoms with Gasteiger partial charge in [-0.2, -0.15) is 13.2 Å². The Morgan fingerprint density at radius 2 is 1.78 bits per heavy atom. The molecule has 41 heavy (non-hydrogen) atoms. The van der Waals surface area contributed by atoms with Crippen LogP contribution >= 0.6 is 0 Å². The molecule has 4 N–H and O–H groups in total. The first kappa shape index (κ1) is 28.9. The molecule has 0 radical (unpaired) electrons. The van der Waals surface area contributed by atoms with Gasteiger partial charge in [0.2, 0.25) is 5.91 Å². The molecule has 2 aromatic carbocycles. The number of carboxylic acids is 1. The molecular formula is C29H25F3N4O5. The minimum absolute atomic E-state index is 0.0453. The number of ether oxygens (including phenoxy) is 1. The van der Waals surface area contributed by atoms with E-state index in [1.807, 2.05) is 66.7 Å². The smallest absolute Gasteiger partial charge is 0.490 e. The molecule has 1 aliphatic rings. The van der Waals surface area contributed by atoms with Crippen molar-refractivity contribution in [3.05, 3.63) is 89.7 Å². The van der Waals surface area contributed by atoms with Gasteiger partial charge in [0.25, 0.3) is 5.91 Å². The maximum Gasteiger partial charge on any atom is 0.490 e. The molecule has 0 spiro atoms. The van der Waals surface area contributed by atoms with E-state index in [9.17, 15) is 22.8 Å². The van der Waals surface area contributed by atoms with Crippen molar-refractivity contribution in [1.29, 1.82) is 0 Å². The Bertz CT molecular complexity index is 1570. The second kappa shape index (κ2) is 12.4. The van der Waals surface area contributed by atoms with E-state index >= 15 is 0 Å². The van der Waals surface area contributed by atoms with Crippen LogP contribution in [0.5, 0.6) is 5.75 Å². The number of H-pyrrole nitrogens is 1. The number of benzene rings is 2. The number of hydrogen-bond donors (Lipinski definition) is 4. The fourth-order valence-corrected chi connectivity index (χ4v) is 4.10. The van der Waals surface area contributed by atoms with Crippen LogP contribution in [0.15, 0.2) is 72.9 Å². The number of alkyl halides is 3. The third-order valence-electron chi connectivity index (χ3n) is 6.08. The van der Waals surface area contributed by atoms with Crippen molar-refractivity contribution in [2.75, 3.05) is 19.0 Å². The molecule has 4 aromatic rings. The van der Waals surface area contributed by atoms with Gasteiger partial charge in [-0.1, -0.05) is 24.3 Å². The van der Waals surface area contributed by atoms with Crippen molar-refractivity contribution in [3.8, 4) is 28.3 Å².